The number of amides is 1. The molecule has 0 bridgehead atoms. The Bertz CT molecular complexity index is 612. The number of carbonyl (C=O) groups excluding carboxylic acids is 1. The number of rotatable bonds is 3. The first-order chi connectivity index (χ1) is 9.88. The molecule has 0 saturated carbocycles. The highest BCUT2D eigenvalue weighted by Crippen LogP contribution is 2.27. The van der Waals surface area contributed by atoms with Crippen LogP contribution in [0.2, 0.25) is 0 Å². The Labute approximate surface area is 119 Å². The molecule has 1 atom stereocenters. The molecule has 2 rings (SSSR count). The van der Waals surface area contributed by atoms with Crippen LogP contribution in [0.1, 0.15) is 34.7 Å². The van der Waals surface area contributed by atoms with Crippen LogP contribution in [-0.2, 0) is 6.18 Å². The molecule has 0 radical (unpaired) electrons. The lowest BCUT2D eigenvalue weighted by Crippen LogP contribution is -2.27. The van der Waals surface area contributed by atoms with E-state index >= 15 is 0 Å². The second kappa shape index (κ2) is 5.90. The summed E-state index contributed by atoms with van der Waals surface area (Å²) in [5, 5.41) is 2.65. The maximum absolute atomic E-state index is 12.4. The molecule has 0 aliphatic carbocycles. The summed E-state index contributed by atoms with van der Waals surface area (Å²) in [5.74, 6) is -0.505. The fourth-order valence-corrected chi connectivity index (χ4v) is 1.68. The zero-order chi connectivity index (χ0) is 15.5. The summed E-state index contributed by atoms with van der Waals surface area (Å²) in [7, 11) is 0. The number of alkyl halides is 3. The topological polar surface area (TPSA) is 54.9 Å². The van der Waals surface area contributed by atoms with Crippen molar-refractivity contribution in [3.05, 3.63) is 59.7 Å². The quantitative estimate of drug-likeness (QED) is 0.947. The van der Waals surface area contributed by atoms with Gasteiger partial charge in [0.1, 0.15) is 5.69 Å². The third-order valence-electron chi connectivity index (χ3n) is 2.80. The molecule has 1 N–H and O–H groups in total. The van der Waals surface area contributed by atoms with Crippen molar-refractivity contribution in [3.8, 4) is 0 Å². The molecule has 2 heterocycles. The summed E-state index contributed by atoms with van der Waals surface area (Å²) in [5.41, 5.74) is -0.312. The van der Waals surface area contributed by atoms with E-state index in [0.717, 1.165) is 18.3 Å². The van der Waals surface area contributed by atoms with Crippen LogP contribution in [0.3, 0.4) is 0 Å². The fraction of sp³-hybridized carbons (Fsp3) is 0.214. The minimum Gasteiger partial charge on any atom is -0.344 e. The number of carbonyl (C=O) groups is 1. The Morgan fingerprint density at radius 2 is 1.95 bits per heavy atom. The number of hydrogen-bond acceptors (Lipinski definition) is 3. The summed E-state index contributed by atoms with van der Waals surface area (Å²) < 4.78 is 37.1. The summed E-state index contributed by atoms with van der Waals surface area (Å²) in [6, 6.07) is 6.79. The van der Waals surface area contributed by atoms with Crippen molar-refractivity contribution in [2.24, 2.45) is 0 Å². The van der Waals surface area contributed by atoms with Gasteiger partial charge in [-0.25, -0.2) is 0 Å². The average Bonchev–Trinajstić information content (AvgIpc) is 2.47. The highest BCUT2D eigenvalue weighted by atomic mass is 19.4. The molecule has 0 spiro atoms. The van der Waals surface area contributed by atoms with Gasteiger partial charge in [0, 0.05) is 12.4 Å². The predicted molar refractivity (Wildman–Crippen MR) is 69.4 cm³/mol. The van der Waals surface area contributed by atoms with Crippen molar-refractivity contribution in [3.63, 3.8) is 0 Å². The van der Waals surface area contributed by atoms with Crippen molar-refractivity contribution in [1.29, 1.82) is 0 Å². The molecule has 0 fully saturated rings. The minimum absolute atomic E-state index is 0.0609. The molecule has 1 amide bonds. The van der Waals surface area contributed by atoms with Gasteiger partial charge in [0.15, 0.2) is 0 Å². The third-order valence-corrected chi connectivity index (χ3v) is 2.80. The lowest BCUT2D eigenvalue weighted by molar-refractivity contribution is -0.141. The number of hydrogen-bond donors (Lipinski definition) is 1. The second-order valence-corrected chi connectivity index (χ2v) is 4.38. The summed E-state index contributed by atoms with van der Waals surface area (Å²) in [6.45, 7) is 1.73. The van der Waals surface area contributed by atoms with Gasteiger partial charge in [0.05, 0.1) is 17.3 Å². The van der Waals surface area contributed by atoms with Gasteiger partial charge in [0.25, 0.3) is 5.91 Å². The minimum atomic E-state index is -4.52. The number of aromatic nitrogens is 2. The highest BCUT2D eigenvalue weighted by Gasteiger charge is 2.32. The Morgan fingerprint density at radius 1 is 1.19 bits per heavy atom. The van der Waals surface area contributed by atoms with E-state index in [0.29, 0.717) is 5.69 Å². The summed E-state index contributed by atoms with van der Waals surface area (Å²) >= 11 is 0. The number of nitrogens with zero attached hydrogens (tertiary/aromatic N) is 2. The van der Waals surface area contributed by atoms with E-state index in [1.807, 2.05) is 0 Å². The van der Waals surface area contributed by atoms with E-state index < -0.39 is 17.8 Å². The molecule has 2 aromatic heterocycles. The molecule has 2 aromatic rings. The summed E-state index contributed by atoms with van der Waals surface area (Å²) in [6.07, 6.45) is -2.02. The normalized spacial score (nSPS) is 12.8. The number of halogens is 3. The van der Waals surface area contributed by atoms with Gasteiger partial charge in [-0.3, -0.25) is 14.8 Å². The van der Waals surface area contributed by atoms with Crippen molar-refractivity contribution in [2.45, 2.75) is 19.1 Å². The van der Waals surface area contributed by atoms with Gasteiger partial charge in [-0.1, -0.05) is 6.07 Å². The van der Waals surface area contributed by atoms with Crippen LogP contribution in [0.25, 0.3) is 0 Å². The standard InChI is InChI=1S/C14H12F3N3O/c1-9(11-4-2-3-7-18-11)20-13(21)10-5-6-12(19-8-10)14(15,16)17/h2-9H,1H3,(H,20,21). The number of nitrogens with one attached hydrogen (secondary N) is 1. The Balaban J connectivity index is 2.07. The van der Waals surface area contributed by atoms with E-state index in [9.17, 15) is 18.0 Å². The Hall–Kier alpha value is -2.44. The molecule has 110 valence electrons. The first-order valence-corrected chi connectivity index (χ1v) is 6.13. The van der Waals surface area contributed by atoms with Crippen molar-refractivity contribution in [1.82, 2.24) is 15.3 Å². The van der Waals surface area contributed by atoms with Crippen molar-refractivity contribution < 1.29 is 18.0 Å². The predicted octanol–water partition coefficient (Wildman–Crippen LogP) is 2.99. The fourth-order valence-electron chi connectivity index (χ4n) is 1.68. The molecular weight excluding hydrogens is 283 g/mol. The van der Waals surface area contributed by atoms with E-state index in [2.05, 4.69) is 15.3 Å². The largest absolute Gasteiger partial charge is 0.433 e. The number of pyridine rings is 2. The average molecular weight is 295 g/mol. The van der Waals surface area contributed by atoms with Crippen molar-refractivity contribution in [2.75, 3.05) is 0 Å². The third kappa shape index (κ3) is 3.77. The van der Waals surface area contributed by atoms with Gasteiger partial charge in [-0.05, 0) is 31.2 Å². The van der Waals surface area contributed by atoms with Crippen LogP contribution in [0.4, 0.5) is 13.2 Å². The highest BCUT2D eigenvalue weighted by molar-refractivity contribution is 5.94. The summed E-state index contributed by atoms with van der Waals surface area (Å²) in [4.78, 5) is 19.3. The van der Waals surface area contributed by atoms with E-state index in [4.69, 9.17) is 0 Å². The van der Waals surface area contributed by atoms with Gasteiger partial charge in [0.2, 0.25) is 0 Å². The molecule has 7 heteroatoms. The Kier molecular flexibility index (Phi) is 4.21. The SMILES string of the molecule is CC(NC(=O)c1ccc(C(F)(F)F)nc1)c1ccccn1. The molecular formula is C14H12F3N3O. The van der Waals surface area contributed by atoms with Crippen molar-refractivity contribution >= 4 is 5.91 Å². The zero-order valence-corrected chi connectivity index (χ0v) is 11.1. The smallest absolute Gasteiger partial charge is 0.344 e. The lowest BCUT2D eigenvalue weighted by atomic mass is 10.2. The molecule has 1 unspecified atom stereocenters. The van der Waals surface area contributed by atoms with Crippen LogP contribution < -0.4 is 5.32 Å². The molecule has 0 aromatic carbocycles. The van der Waals surface area contributed by atoms with Gasteiger partial charge >= 0.3 is 6.18 Å². The molecule has 0 aliphatic rings. The lowest BCUT2D eigenvalue weighted by Gasteiger charge is -2.13. The maximum Gasteiger partial charge on any atom is 0.433 e. The first-order valence-electron chi connectivity index (χ1n) is 6.13. The van der Waals surface area contributed by atoms with Crippen LogP contribution in [0.15, 0.2) is 42.7 Å². The van der Waals surface area contributed by atoms with Crippen LogP contribution in [-0.4, -0.2) is 15.9 Å². The first kappa shape index (κ1) is 15.0. The van der Waals surface area contributed by atoms with Crippen LogP contribution in [0, 0.1) is 0 Å². The van der Waals surface area contributed by atoms with Gasteiger partial charge < -0.3 is 5.32 Å². The zero-order valence-electron chi connectivity index (χ0n) is 11.1. The van der Waals surface area contributed by atoms with Gasteiger partial charge in [-0.15, -0.1) is 0 Å². The molecule has 0 saturated heterocycles. The maximum atomic E-state index is 12.4. The Morgan fingerprint density at radius 3 is 2.48 bits per heavy atom. The molecule has 21 heavy (non-hydrogen) atoms. The molecule has 0 aliphatic heterocycles. The second-order valence-electron chi connectivity index (χ2n) is 4.38. The monoisotopic (exact) mass is 295 g/mol. The van der Waals surface area contributed by atoms with Crippen LogP contribution >= 0.6 is 0 Å². The van der Waals surface area contributed by atoms with E-state index in [1.54, 1.807) is 31.3 Å². The van der Waals surface area contributed by atoms with Gasteiger partial charge in [-0.2, -0.15) is 13.2 Å². The van der Waals surface area contributed by atoms with E-state index in [-0.39, 0.29) is 11.6 Å². The molecule has 4 nitrogen and oxygen atoms in total. The van der Waals surface area contributed by atoms with Crippen LogP contribution in [0.5, 0.6) is 0 Å². The van der Waals surface area contributed by atoms with E-state index in [1.165, 1.54) is 0 Å².